The Labute approximate surface area is 151 Å². The lowest BCUT2D eigenvalue weighted by Gasteiger charge is -2.29. The number of ether oxygens (including phenoxy) is 2. The zero-order chi connectivity index (χ0) is 17.5. The van der Waals surface area contributed by atoms with Crippen LogP contribution >= 0.6 is 0 Å². The van der Waals surface area contributed by atoms with Gasteiger partial charge in [0.15, 0.2) is 0 Å². The molecule has 1 unspecified atom stereocenters. The normalized spacial score (nSPS) is 18.1. The first kappa shape index (κ1) is 17.8. The van der Waals surface area contributed by atoms with Crippen LogP contribution in [0.1, 0.15) is 24.0 Å². The molecule has 0 aliphatic carbocycles. The highest BCUT2D eigenvalue weighted by Gasteiger charge is 2.18. The maximum atomic E-state index is 6.21. The maximum Gasteiger partial charge on any atom is 0.122 e. The zero-order valence-corrected chi connectivity index (χ0v) is 15.4. The Morgan fingerprint density at radius 3 is 2.80 bits per heavy atom. The van der Waals surface area contributed by atoms with E-state index in [-0.39, 0.29) is 0 Å². The minimum Gasteiger partial charge on any atom is -0.497 e. The molecule has 1 fully saturated rings. The fourth-order valence-corrected chi connectivity index (χ4v) is 3.58. The molecule has 0 aromatic heterocycles. The van der Waals surface area contributed by atoms with Crippen molar-refractivity contribution in [3.8, 4) is 11.5 Å². The average molecular weight is 339 g/mol. The van der Waals surface area contributed by atoms with Crippen LogP contribution in [0.5, 0.6) is 11.5 Å². The van der Waals surface area contributed by atoms with Crippen LogP contribution in [0.15, 0.2) is 48.5 Å². The van der Waals surface area contributed by atoms with Crippen molar-refractivity contribution in [2.24, 2.45) is 5.92 Å². The summed E-state index contributed by atoms with van der Waals surface area (Å²) in [5, 5.41) is 0. The summed E-state index contributed by atoms with van der Waals surface area (Å²) >= 11 is 0. The monoisotopic (exact) mass is 339 g/mol. The predicted octanol–water partition coefficient (Wildman–Crippen LogP) is 4.20. The molecule has 0 radical (unpaired) electrons. The van der Waals surface area contributed by atoms with Crippen molar-refractivity contribution in [3.05, 3.63) is 59.7 Å². The molecule has 1 heterocycles. The highest BCUT2D eigenvalue weighted by Crippen LogP contribution is 2.23. The van der Waals surface area contributed by atoms with Gasteiger partial charge in [-0.2, -0.15) is 0 Å². The van der Waals surface area contributed by atoms with Crippen molar-refractivity contribution in [2.45, 2.75) is 25.7 Å². The summed E-state index contributed by atoms with van der Waals surface area (Å²) in [5.74, 6) is 2.60. The molecule has 3 rings (SSSR count). The first-order chi connectivity index (χ1) is 12.2. The van der Waals surface area contributed by atoms with Crippen LogP contribution in [-0.2, 0) is 12.8 Å². The zero-order valence-electron chi connectivity index (χ0n) is 15.4. The van der Waals surface area contributed by atoms with Crippen LogP contribution in [0.4, 0.5) is 0 Å². The fourth-order valence-electron chi connectivity index (χ4n) is 3.58. The van der Waals surface area contributed by atoms with E-state index in [9.17, 15) is 0 Å². The number of nitrogens with zero attached hydrogens (tertiary/aromatic N) is 1. The Balaban J connectivity index is 1.58. The third-order valence-corrected chi connectivity index (χ3v) is 4.99. The molecule has 3 nitrogen and oxygen atoms in total. The van der Waals surface area contributed by atoms with E-state index in [4.69, 9.17) is 9.47 Å². The van der Waals surface area contributed by atoms with Gasteiger partial charge in [-0.25, -0.2) is 0 Å². The van der Waals surface area contributed by atoms with Gasteiger partial charge in [0, 0.05) is 12.5 Å². The molecule has 2 aromatic carbocycles. The lowest BCUT2D eigenvalue weighted by Crippen LogP contribution is -2.34. The SMILES string of the molecule is COc1cccc(CCc2ccccc2OCC2CCCN(C)C2)c1. The van der Waals surface area contributed by atoms with E-state index in [0.717, 1.165) is 37.5 Å². The molecule has 2 aromatic rings. The third-order valence-electron chi connectivity index (χ3n) is 4.99. The molecule has 0 saturated carbocycles. The number of hydrogen-bond acceptors (Lipinski definition) is 3. The summed E-state index contributed by atoms with van der Waals surface area (Å²) < 4.78 is 11.5. The molecule has 1 aliphatic heterocycles. The van der Waals surface area contributed by atoms with Crippen molar-refractivity contribution < 1.29 is 9.47 Å². The quantitative estimate of drug-likeness (QED) is 0.754. The lowest BCUT2D eigenvalue weighted by molar-refractivity contribution is 0.150. The van der Waals surface area contributed by atoms with E-state index in [1.165, 1.54) is 30.5 Å². The smallest absolute Gasteiger partial charge is 0.122 e. The number of aryl methyl sites for hydroxylation is 2. The Hall–Kier alpha value is -2.00. The molecular formula is C22H29NO2. The standard InChI is InChI=1S/C22H29NO2/c1-23-14-6-8-19(16-23)17-25-22-11-4-3-9-20(22)13-12-18-7-5-10-21(15-18)24-2/h3-5,7,9-11,15,19H,6,8,12-14,16-17H2,1-2H3. The fraction of sp³-hybridized carbons (Fsp3) is 0.455. The van der Waals surface area contributed by atoms with E-state index in [0.29, 0.717) is 5.92 Å². The van der Waals surface area contributed by atoms with Crippen LogP contribution in [0, 0.1) is 5.92 Å². The summed E-state index contributed by atoms with van der Waals surface area (Å²) in [4.78, 5) is 2.41. The molecule has 0 N–H and O–H groups in total. The van der Waals surface area contributed by atoms with E-state index in [1.807, 2.05) is 6.07 Å². The molecule has 134 valence electrons. The van der Waals surface area contributed by atoms with Gasteiger partial charge in [-0.1, -0.05) is 30.3 Å². The lowest BCUT2D eigenvalue weighted by atomic mass is 9.99. The van der Waals surface area contributed by atoms with Gasteiger partial charge in [-0.05, 0) is 68.6 Å². The van der Waals surface area contributed by atoms with Crippen LogP contribution in [0.3, 0.4) is 0 Å². The summed E-state index contributed by atoms with van der Waals surface area (Å²) in [6.07, 6.45) is 4.52. The van der Waals surface area contributed by atoms with E-state index < -0.39 is 0 Å². The molecular weight excluding hydrogens is 310 g/mol. The van der Waals surface area contributed by atoms with Gasteiger partial charge in [0.2, 0.25) is 0 Å². The number of para-hydroxylation sites is 1. The summed E-state index contributed by atoms with van der Waals surface area (Å²) in [5.41, 5.74) is 2.58. The van der Waals surface area contributed by atoms with Gasteiger partial charge in [-0.3, -0.25) is 0 Å². The second-order valence-electron chi connectivity index (χ2n) is 7.04. The molecule has 1 atom stereocenters. The summed E-state index contributed by atoms with van der Waals surface area (Å²) in [6.45, 7) is 3.18. The average Bonchev–Trinajstić information content (AvgIpc) is 2.65. The first-order valence-corrected chi connectivity index (χ1v) is 9.27. The predicted molar refractivity (Wildman–Crippen MR) is 103 cm³/mol. The number of rotatable bonds is 7. The molecule has 0 amide bonds. The minimum absolute atomic E-state index is 0.644. The van der Waals surface area contributed by atoms with Gasteiger partial charge < -0.3 is 14.4 Å². The van der Waals surface area contributed by atoms with Gasteiger partial charge in [-0.15, -0.1) is 0 Å². The van der Waals surface area contributed by atoms with Crippen molar-refractivity contribution in [1.82, 2.24) is 4.90 Å². The number of methoxy groups -OCH3 is 1. The van der Waals surface area contributed by atoms with Crippen LogP contribution in [0.2, 0.25) is 0 Å². The number of piperidine rings is 1. The minimum atomic E-state index is 0.644. The second kappa shape index (κ2) is 8.91. The van der Waals surface area contributed by atoms with Gasteiger partial charge >= 0.3 is 0 Å². The van der Waals surface area contributed by atoms with Crippen molar-refractivity contribution in [2.75, 3.05) is 33.9 Å². The summed E-state index contributed by atoms with van der Waals surface area (Å²) in [6, 6.07) is 16.8. The second-order valence-corrected chi connectivity index (χ2v) is 7.04. The van der Waals surface area contributed by atoms with Crippen LogP contribution in [0.25, 0.3) is 0 Å². The molecule has 0 spiro atoms. The summed E-state index contributed by atoms with van der Waals surface area (Å²) in [7, 11) is 3.92. The molecule has 1 aliphatic rings. The highest BCUT2D eigenvalue weighted by molar-refractivity contribution is 5.35. The van der Waals surface area contributed by atoms with Gasteiger partial charge in [0.25, 0.3) is 0 Å². The molecule has 1 saturated heterocycles. The number of hydrogen-bond donors (Lipinski definition) is 0. The number of likely N-dealkylation sites (tertiary alicyclic amines) is 1. The Bertz CT molecular complexity index is 671. The highest BCUT2D eigenvalue weighted by atomic mass is 16.5. The Kier molecular flexibility index (Phi) is 6.35. The van der Waals surface area contributed by atoms with Crippen molar-refractivity contribution >= 4 is 0 Å². The topological polar surface area (TPSA) is 21.7 Å². The third kappa shape index (κ3) is 5.23. The largest absolute Gasteiger partial charge is 0.497 e. The van der Waals surface area contributed by atoms with Crippen LogP contribution < -0.4 is 9.47 Å². The molecule has 0 bridgehead atoms. The molecule has 3 heteroatoms. The van der Waals surface area contributed by atoms with E-state index >= 15 is 0 Å². The molecule has 25 heavy (non-hydrogen) atoms. The van der Waals surface area contributed by atoms with Gasteiger partial charge in [0.05, 0.1) is 13.7 Å². The van der Waals surface area contributed by atoms with E-state index in [2.05, 4.69) is 54.4 Å². The Morgan fingerprint density at radius 2 is 1.96 bits per heavy atom. The van der Waals surface area contributed by atoms with Gasteiger partial charge in [0.1, 0.15) is 11.5 Å². The number of benzene rings is 2. The van der Waals surface area contributed by atoms with Crippen LogP contribution in [-0.4, -0.2) is 38.8 Å². The first-order valence-electron chi connectivity index (χ1n) is 9.27. The van der Waals surface area contributed by atoms with Crippen molar-refractivity contribution in [1.29, 1.82) is 0 Å². The maximum absolute atomic E-state index is 6.21. The van der Waals surface area contributed by atoms with E-state index in [1.54, 1.807) is 7.11 Å². The van der Waals surface area contributed by atoms with Crippen molar-refractivity contribution in [3.63, 3.8) is 0 Å². The Morgan fingerprint density at radius 1 is 1.08 bits per heavy atom.